The van der Waals surface area contributed by atoms with Crippen molar-refractivity contribution >= 4 is 34.7 Å². The number of fused-ring (bicyclic) bond motifs is 6. The van der Waals surface area contributed by atoms with Gasteiger partial charge < -0.3 is 19.2 Å². The molecule has 7 nitrogen and oxygen atoms in total. The van der Waals surface area contributed by atoms with Crippen LogP contribution in [0.15, 0.2) is 39.1 Å². The van der Waals surface area contributed by atoms with Gasteiger partial charge >= 0.3 is 5.56 Å². The van der Waals surface area contributed by atoms with Gasteiger partial charge in [0.25, 0.3) is 0 Å². The topological polar surface area (TPSA) is 80.7 Å². The van der Waals surface area contributed by atoms with Crippen molar-refractivity contribution in [3.8, 4) is 11.3 Å². The van der Waals surface area contributed by atoms with Crippen LogP contribution in [0.5, 0.6) is 0 Å². The lowest BCUT2D eigenvalue weighted by Crippen LogP contribution is -2.57. The van der Waals surface area contributed by atoms with Crippen molar-refractivity contribution in [3.63, 3.8) is 0 Å². The zero-order valence-corrected chi connectivity index (χ0v) is 23.5. The van der Waals surface area contributed by atoms with E-state index in [1.165, 1.54) is 16.8 Å². The molecule has 4 aliphatic heterocycles. The second kappa shape index (κ2) is 9.33. The quantitative estimate of drug-likeness (QED) is 0.285. The molecule has 2 unspecified atom stereocenters. The van der Waals surface area contributed by atoms with Crippen molar-refractivity contribution < 1.29 is 18.9 Å². The van der Waals surface area contributed by atoms with E-state index in [1.54, 1.807) is 4.57 Å². The average Bonchev–Trinajstić information content (AvgIpc) is 2.90. The minimum atomic E-state index is -1.02. The number of hydrogen-bond acceptors (Lipinski definition) is 6. The number of rotatable bonds is 5. The summed E-state index contributed by atoms with van der Waals surface area (Å²) in [5.74, 6) is -0.258. The van der Waals surface area contributed by atoms with Gasteiger partial charge in [-0.15, -0.1) is 0 Å². The molecule has 204 valence electrons. The molecule has 0 fully saturated rings. The maximum atomic E-state index is 13.6. The second-order valence-electron chi connectivity index (χ2n) is 11.9. The minimum absolute atomic E-state index is 0.0316. The van der Waals surface area contributed by atoms with Crippen LogP contribution in [0.2, 0.25) is 0 Å². The standard InChI is InChI=1S/C32H37N3O4/c1-6-34-11-7-9-20-13-23-26(16-25(20)34)33(5)31(38)24-15-21-14-22-19(2)18-32(3,4)35(12-8-10-29(36)37)27(22)17-28(21)39-30(23)24/h13-18,22,27H,6-12H2,1-5H3. The number of aromatic nitrogens is 1. The van der Waals surface area contributed by atoms with E-state index >= 15 is 0 Å². The van der Waals surface area contributed by atoms with E-state index in [0.29, 0.717) is 24.3 Å². The number of carbonyl (C=O) groups excluding carboxylic acids is 1. The molecule has 2 atom stereocenters. The molecule has 1 aliphatic carbocycles. The molecular formula is C32H37N3O4. The highest BCUT2D eigenvalue weighted by Gasteiger charge is 2.40. The van der Waals surface area contributed by atoms with Crippen molar-refractivity contribution in [3.05, 3.63) is 56.4 Å². The molecule has 6 rings (SSSR count). The number of carboxylic acid groups (broad SMARTS) is 1. The fourth-order valence-corrected chi connectivity index (χ4v) is 7.10. The number of carboxylic acids is 1. The second-order valence-corrected chi connectivity index (χ2v) is 11.9. The van der Waals surface area contributed by atoms with E-state index in [9.17, 15) is 14.7 Å². The molecular weight excluding hydrogens is 490 g/mol. The number of anilines is 1. The predicted octanol–water partition coefficient (Wildman–Crippen LogP) is 1.62. The summed E-state index contributed by atoms with van der Waals surface area (Å²) < 4.78 is 8.41. The van der Waals surface area contributed by atoms with Gasteiger partial charge in [0, 0.05) is 53.5 Å². The number of aliphatic carboxylic acids is 1. The van der Waals surface area contributed by atoms with Gasteiger partial charge in [0.1, 0.15) is 18.0 Å². The van der Waals surface area contributed by atoms with Crippen molar-refractivity contribution in [1.82, 2.24) is 4.90 Å². The van der Waals surface area contributed by atoms with Crippen LogP contribution in [0.4, 0.5) is 5.69 Å². The smallest absolute Gasteiger partial charge is 0.423 e. The summed E-state index contributed by atoms with van der Waals surface area (Å²) in [7, 11) is 1.85. The Morgan fingerprint density at radius 3 is 2.77 bits per heavy atom. The van der Waals surface area contributed by atoms with Gasteiger partial charge in [-0.3, -0.25) is 4.90 Å². The molecule has 0 amide bonds. The molecule has 0 radical (unpaired) electrons. The third-order valence-corrected chi connectivity index (χ3v) is 9.01. The van der Waals surface area contributed by atoms with Gasteiger partial charge in [0.05, 0.1) is 5.39 Å². The molecule has 0 saturated heterocycles. The van der Waals surface area contributed by atoms with E-state index in [1.807, 2.05) is 13.1 Å². The summed E-state index contributed by atoms with van der Waals surface area (Å²) in [6, 6.07) is 6.41. The highest BCUT2D eigenvalue weighted by molar-refractivity contribution is 5.93. The highest BCUT2D eigenvalue weighted by Crippen LogP contribution is 2.38. The summed E-state index contributed by atoms with van der Waals surface area (Å²) in [6.45, 7) is 11.3. The molecule has 1 aromatic rings. The van der Waals surface area contributed by atoms with Gasteiger partial charge in [0.2, 0.25) is 5.52 Å². The first kappa shape index (κ1) is 25.8. The summed E-state index contributed by atoms with van der Waals surface area (Å²) in [6.07, 6.45) is 9.36. The Hall–Kier alpha value is -3.45. The Bertz CT molecular complexity index is 1680. The summed E-state index contributed by atoms with van der Waals surface area (Å²) >= 11 is 0. The monoisotopic (exact) mass is 527 g/mol. The summed E-state index contributed by atoms with van der Waals surface area (Å²) in [4.78, 5) is 29.5. The molecule has 0 aromatic heterocycles. The number of nitrogens with zero attached hydrogens (tertiary/aromatic N) is 3. The van der Waals surface area contributed by atoms with E-state index in [2.05, 4.69) is 67.9 Å². The number of benzene rings is 1. The Morgan fingerprint density at radius 2 is 2.03 bits per heavy atom. The molecule has 0 bridgehead atoms. The van der Waals surface area contributed by atoms with Crippen LogP contribution in [0.25, 0.3) is 34.4 Å². The zero-order chi connectivity index (χ0) is 27.6. The van der Waals surface area contributed by atoms with Crippen LogP contribution >= 0.6 is 0 Å². The minimum Gasteiger partial charge on any atom is -0.550 e. The summed E-state index contributed by atoms with van der Waals surface area (Å²) in [5, 5.41) is 13.0. The lowest BCUT2D eigenvalue weighted by Gasteiger charge is -2.49. The summed E-state index contributed by atoms with van der Waals surface area (Å²) in [5.41, 5.74) is 5.73. The van der Waals surface area contributed by atoms with Crippen LogP contribution in [-0.2, 0) is 18.3 Å². The molecule has 4 heterocycles. The first-order valence-corrected chi connectivity index (χ1v) is 14.2. The van der Waals surface area contributed by atoms with Crippen molar-refractivity contribution in [2.24, 2.45) is 13.0 Å². The zero-order valence-electron chi connectivity index (χ0n) is 23.5. The van der Waals surface area contributed by atoms with Crippen molar-refractivity contribution in [2.45, 2.75) is 65.0 Å². The van der Waals surface area contributed by atoms with E-state index in [-0.39, 0.29) is 29.5 Å². The molecule has 5 aliphatic rings. The maximum absolute atomic E-state index is 13.6. The molecule has 0 spiro atoms. The normalized spacial score (nSPS) is 22.0. The third-order valence-electron chi connectivity index (χ3n) is 9.01. The van der Waals surface area contributed by atoms with E-state index in [4.69, 9.17) is 4.42 Å². The fraction of sp³-hybridized carbons (Fsp3) is 0.469. The van der Waals surface area contributed by atoms with Crippen LogP contribution < -0.4 is 30.8 Å². The third kappa shape index (κ3) is 4.18. The Morgan fingerprint density at radius 1 is 1.23 bits per heavy atom. The molecule has 0 saturated carbocycles. The highest BCUT2D eigenvalue weighted by atomic mass is 16.4. The molecule has 0 N–H and O–H groups in total. The van der Waals surface area contributed by atoms with Crippen molar-refractivity contribution in [1.29, 1.82) is 0 Å². The van der Waals surface area contributed by atoms with Gasteiger partial charge in [-0.05, 0) is 83.7 Å². The number of hydrogen-bond donors (Lipinski definition) is 0. The lowest BCUT2D eigenvalue weighted by molar-refractivity contribution is -0.658. The van der Waals surface area contributed by atoms with Gasteiger partial charge in [-0.1, -0.05) is 17.7 Å². The van der Waals surface area contributed by atoms with Crippen LogP contribution in [0.1, 0.15) is 52.5 Å². The largest absolute Gasteiger partial charge is 0.550 e. The van der Waals surface area contributed by atoms with Gasteiger partial charge in [-0.25, -0.2) is 4.79 Å². The average molecular weight is 528 g/mol. The Labute approximate surface area is 228 Å². The molecule has 39 heavy (non-hydrogen) atoms. The number of carbonyl (C=O) groups is 1. The molecule has 1 aromatic carbocycles. The van der Waals surface area contributed by atoms with Crippen LogP contribution in [0.3, 0.4) is 0 Å². The number of aryl methyl sites for hydroxylation is 2. The first-order chi connectivity index (χ1) is 18.6. The first-order valence-electron chi connectivity index (χ1n) is 14.2. The van der Waals surface area contributed by atoms with Crippen LogP contribution in [-0.4, -0.2) is 42.1 Å². The van der Waals surface area contributed by atoms with Gasteiger partial charge in [-0.2, -0.15) is 4.57 Å². The van der Waals surface area contributed by atoms with Crippen molar-refractivity contribution in [2.75, 3.05) is 24.5 Å². The predicted molar refractivity (Wildman–Crippen MR) is 151 cm³/mol. The SMILES string of the molecule is CCN1CCCc2cc3c4oc5c(cc-4c(=O)[n+](C)c3cc21)=CC1C(C)=CC(C)(C)N(CCCC(=O)[O-])C1C=5. The van der Waals surface area contributed by atoms with Gasteiger partial charge in [0.15, 0.2) is 5.76 Å². The van der Waals surface area contributed by atoms with E-state index < -0.39 is 5.97 Å². The fourth-order valence-electron chi connectivity index (χ4n) is 7.10. The van der Waals surface area contributed by atoms with E-state index in [0.717, 1.165) is 47.5 Å². The molecule has 7 heteroatoms. The Kier molecular flexibility index (Phi) is 6.18. The van der Waals surface area contributed by atoms with Crippen LogP contribution in [0, 0.1) is 5.92 Å². The lowest BCUT2D eigenvalue weighted by atomic mass is 9.78. The maximum Gasteiger partial charge on any atom is 0.423 e. The number of pyridine rings is 1. The Balaban J connectivity index is 1.56.